The van der Waals surface area contributed by atoms with E-state index >= 15 is 0 Å². The normalized spacial score (nSPS) is 12.4. The molecule has 0 saturated heterocycles. The van der Waals surface area contributed by atoms with Crippen LogP contribution in [0, 0.1) is 0 Å². The molecular weight excluding hydrogens is 210 g/mol. The van der Waals surface area contributed by atoms with Crippen LogP contribution in [-0.4, -0.2) is 19.7 Å². The van der Waals surface area contributed by atoms with Gasteiger partial charge in [0.15, 0.2) is 0 Å². The molecule has 0 fully saturated rings. The molecule has 0 bridgehead atoms. The van der Waals surface area contributed by atoms with Crippen LogP contribution in [0.2, 0.25) is 0 Å². The maximum absolute atomic E-state index is 5.76. The summed E-state index contributed by atoms with van der Waals surface area (Å²) >= 11 is 0. The van der Waals surface area contributed by atoms with Crippen LogP contribution >= 0.6 is 0 Å². The number of hydrogen-bond acceptors (Lipinski definition) is 2. The predicted molar refractivity (Wildman–Crippen MR) is 73.7 cm³/mol. The van der Waals surface area contributed by atoms with Gasteiger partial charge in [0.25, 0.3) is 0 Å². The summed E-state index contributed by atoms with van der Waals surface area (Å²) in [4.78, 5) is 0. The first kappa shape index (κ1) is 14.0. The van der Waals surface area contributed by atoms with E-state index in [0.717, 1.165) is 25.2 Å². The highest BCUT2D eigenvalue weighted by molar-refractivity contribution is 5.28. The highest BCUT2D eigenvalue weighted by Gasteiger charge is 2.02. The third-order valence-electron chi connectivity index (χ3n) is 3.17. The van der Waals surface area contributed by atoms with Gasteiger partial charge in [0.1, 0.15) is 5.75 Å². The summed E-state index contributed by atoms with van der Waals surface area (Å²) in [5.74, 6) is 1.00. The number of ether oxygens (including phenoxy) is 1. The van der Waals surface area contributed by atoms with E-state index in [2.05, 4.69) is 37.4 Å². The van der Waals surface area contributed by atoms with Crippen LogP contribution in [0.15, 0.2) is 24.3 Å². The summed E-state index contributed by atoms with van der Waals surface area (Å²) in [6, 6.07) is 9.00. The zero-order valence-electron chi connectivity index (χ0n) is 11.3. The lowest BCUT2D eigenvalue weighted by atomic mass is 10.1. The molecule has 2 heteroatoms. The van der Waals surface area contributed by atoms with Crippen molar-refractivity contribution in [2.75, 3.05) is 13.7 Å². The number of aryl methyl sites for hydroxylation is 1. The van der Waals surface area contributed by atoms with Gasteiger partial charge >= 0.3 is 0 Å². The lowest BCUT2D eigenvalue weighted by Crippen LogP contribution is -2.24. The Balaban J connectivity index is 2.26. The molecule has 0 saturated carbocycles. The van der Waals surface area contributed by atoms with E-state index < -0.39 is 0 Å². The Morgan fingerprint density at radius 1 is 1.29 bits per heavy atom. The first-order valence-corrected chi connectivity index (χ1v) is 6.69. The van der Waals surface area contributed by atoms with Crippen molar-refractivity contribution in [3.63, 3.8) is 0 Å². The summed E-state index contributed by atoms with van der Waals surface area (Å²) < 4.78 is 5.76. The molecule has 0 spiro atoms. The molecule has 1 atom stereocenters. The number of benzene rings is 1. The number of nitrogens with one attached hydrogen (secondary N) is 1. The Hall–Kier alpha value is -1.02. The van der Waals surface area contributed by atoms with E-state index in [1.165, 1.54) is 18.4 Å². The fraction of sp³-hybridized carbons (Fsp3) is 0.600. The van der Waals surface area contributed by atoms with Gasteiger partial charge in [0.2, 0.25) is 0 Å². The molecule has 2 nitrogen and oxygen atoms in total. The van der Waals surface area contributed by atoms with E-state index in [0.29, 0.717) is 6.04 Å². The van der Waals surface area contributed by atoms with Crippen LogP contribution in [0.3, 0.4) is 0 Å². The molecule has 0 aromatic heterocycles. The first-order valence-electron chi connectivity index (χ1n) is 6.69. The van der Waals surface area contributed by atoms with Gasteiger partial charge in [-0.05, 0) is 50.4 Å². The zero-order valence-corrected chi connectivity index (χ0v) is 11.3. The smallest absolute Gasteiger partial charge is 0.119 e. The van der Waals surface area contributed by atoms with Crippen LogP contribution < -0.4 is 10.1 Å². The summed E-state index contributed by atoms with van der Waals surface area (Å²) in [6.07, 6.45) is 4.53. The summed E-state index contributed by atoms with van der Waals surface area (Å²) in [5.41, 5.74) is 1.34. The van der Waals surface area contributed by atoms with Gasteiger partial charge in [0.05, 0.1) is 6.61 Å². The maximum atomic E-state index is 5.76. The highest BCUT2D eigenvalue weighted by Crippen LogP contribution is 2.14. The van der Waals surface area contributed by atoms with Gasteiger partial charge in [-0.1, -0.05) is 26.0 Å². The molecule has 1 aromatic carbocycles. The quantitative estimate of drug-likeness (QED) is 0.697. The fourth-order valence-corrected chi connectivity index (χ4v) is 1.93. The molecule has 0 aliphatic carbocycles. The number of hydrogen-bond donors (Lipinski definition) is 1. The fourth-order valence-electron chi connectivity index (χ4n) is 1.93. The van der Waals surface area contributed by atoms with Crippen LogP contribution in [0.1, 0.15) is 38.7 Å². The minimum atomic E-state index is 0.626. The van der Waals surface area contributed by atoms with Gasteiger partial charge in [-0.2, -0.15) is 0 Å². The highest BCUT2D eigenvalue weighted by atomic mass is 16.5. The molecule has 96 valence electrons. The van der Waals surface area contributed by atoms with Crippen molar-refractivity contribution in [1.29, 1.82) is 0 Å². The predicted octanol–water partition coefficient (Wildman–Crippen LogP) is 3.41. The largest absolute Gasteiger partial charge is 0.494 e. The third kappa shape index (κ3) is 5.22. The van der Waals surface area contributed by atoms with Crippen LogP contribution in [0.4, 0.5) is 0 Å². The Kier molecular flexibility index (Phi) is 6.71. The SMILES string of the molecule is CCc1cccc(OCCCC(CC)NC)c1. The summed E-state index contributed by atoms with van der Waals surface area (Å²) in [5, 5.41) is 3.31. The van der Waals surface area contributed by atoms with E-state index in [1.807, 2.05) is 13.1 Å². The average Bonchev–Trinajstić information content (AvgIpc) is 2.39. The molecule has 1 rings (SSSR count). The Morgan fingerprint density at radius 2 is 2.12 bits per heavy atom. The maximum Gasteiger partial charge on any atom is 0.119 e. The second-order valence-corrected chi connectivity index (χ2v) is 4.39. The monoisotopic (exact) mass is 235 g/mol. The molecule has 0 aliphatic rings. The summed E-state index contributed by atoms with van der Waals surface area (Å²) in [6.45, 7) is 5.19. The minimum absolute atomic E-state index is 0.626. The molecule has 0 heterocycles. The van der Waals surface area contributed by atoms with Crippen LogP contribution in [-0.2, 0) is 6.42 Å². The topological polar surface area (TPSA) is 21.3 Å². The van der Waals surface area contributed by atoms with Crippen molar-refractivity contribution < 1.29 is 4.74 Å². The van der Waals surface area contributed by atoms with Crippen LogP contribution in [0.5, 0.6) is 5.75 Å². The van der Waals surface area contributed by atoms with E-state index in [-0.39, 0.29) is 0 Å². The van der Waals surface area contributed by atoms with Gasteiger partial charge in [0, 0.05) is 6.04 Å². The minimum Gasteiger partial charge on any atom is -0.494 e. The van der Waals surface area contributed by atoms with Crippen molar-refractivity contribution in [2.24, 2.45) is 0 Å². The molecule has 1 aromatic rings. The second kappa shape index (κ2) is 8.13. The van der Waals surface area contributed by atoms with E-state index in [9.17, 15) is 0 Å². The second-order valence-electron chi connectivity index (χ2n) is 4.39. The number of rotatable bonds is 8. The molecule has 0 aliphatic heterocycles. The van der Waals surface area contributed by atoms with Gasteiger partial charge in [-0.3, -0.25) is 0 Å². The average molecular weight is 235 g/mol. The lowest BCUT2D eigenvalue weighted by Gasteiger charge is -2.13. The lowest BCUT2D eigenvalue weighted by molar-refractivity contribution is 0.296. The molecule has 1 N–H and O–H groups in total. The van der Waals surface area contributed by atoms with Crippen LogP contribution in [0.25, 0.3) is 0 Å². The van der Waals surface area contributed by atoms with Gasteiger partial charge in [-0.15, -0.1) is 0 Å². The van der Waals surface area contributed by atoms with E-state index in [4.69, 9.17) is 4.74 Å². The summed E-state index contributed by atoms with van der Waals surface area (Å²) in [7, 11) is 2.03. The van der Waals surface area contributed by atoms with Gasteiger partial charge < -0.3 is 10.1 Å². The van der Waals surface area contributed by atoms with E-state index in [1.54, 1.807) is 0 Å². The first-order chi connectivity index (χ1) is 8.30. The van der Waals surface area contributed by atoms with Crippen molar-refractivity contribution in [1.82, 2.24) is 5.32 Å². The van der Waals surface area contributed by atoms with Crippen molar-refractivity contribution in [2.45, 2.75) is 45.6 Å². The molecular formula is C15H25NO. The Morgan fingerprint density at radius 3 is 2.76 bits per heavy atom. The third-order valence-corrected chi connectivity index (χ3v) is 3.17. The van der Waals surface area contributed by atoms with Crippen molar-refractivity contribution in [3.8, 4) is 5.75 Å². The molecule has 0 radical (unpaired) electrons. The Bertz CT molecular complexity index is 308. The molecule has 1 unspecified atom stereocenters. The molecule has 17 heavy (non-hydrogen) atoms. The molecule has 0 amide bonds. The zero-order chi connectivity index (χ0) is 12.5. The van der Waals surface area contributed by atoms with Crippen molar-refractivity contribution >= 4 is 0 Å². The Labute approximate surface area is 105 Å². The standard InChI is InChI=1S/C15H25NO/c1-4-13-8-6-10-15(12-13)17-11-7-9-14(5-2)16-3/h6,8,10,12,14,16H,4-5,7,9,11H2,1-3H3. The van der Waals surface area contributed by atoms with Gasteiger partial charge in [-0.25, -0.2) is 0 Å². The van der Waals surface area contributed by atoms with Crippen molar-refractivity contribution in [3.05, 3.63) is 29.8 Å².